The fourth-order valence-electron chi connectivity index (χ4n) is 3.13. The Morgan fingerprint density at radius 2 is 1.50 bits per heavy atom. The van der Waals surface area contributed by atoms with Crippen molar-refractivity contribution in [3.63, 3.8) is 0 Å². The number of aryl methyl sites for hydroxylation is 2. The van der Waals surface area contributed by atoms with Crippen molar-refractivity contribution in [2.24, 2.45) is 0 Å². The van der Waals surface area contributed by atoms with Gasteiger partial charge < -0.3 is 4.90 Å². The molecule has 26 heavy (non-hydrogen) atoms. The summed E-state index contributed by atoms with van der Waals surface area (Å²) >= 11 is 0. The van der Waals surface area contributed by atoms with Gasteiger partial charge in [0.05, 0.1) is 4.90 Å². The molecule has 1 atom stereocenters. The normalized spacial score (nSPS) is 13.2. The number of rotatable bonds is 6. The average molecular weight is 379 g/mol. The van der Waals surface area contributed by atoms with E-state index in [0.29, 0.717) is 4.90 Å². The highest BCUT2D eigenvalue weighted by Crippen LogP contribution is 2.26. The topological polar surface area (TPSA) is 49.4 Å². The molecule has 1 unspecified atom stereocenters. The van der Waals surface area contributed by atoms with Crippen LogP contribution in [0.2, 0.25) is 0 Å². The highest BCUT2D eigenvalue weighted by atomic mass is 32.2. The van der Waals surface area contributed by atoms with Gasteiger partial charge in [-0.2, -0.15) is 0 Å². The zero-order valence-electron chi connectivity index (χ0n) is 16.2. The molecule has 0 spiro atoms. The number of nitrogens with one attached hydrogen (secondary N) is 1. The van der Waals surface area contributed by atoms with E-state index < -0.39 is 10.0 Å². The Labute approximate surface area is 156 Å². The zero-order chi connectivity index (χ0) is 19.6. The molecule has 142 valence electrons. The van der Waals surface area contributed by atoms with Crippen LogP contribution in [0.5, 0.6) is 0 Å². The number of hydrogen-bond donors (Lipinski definition) is 1. The van der Waals surface area contributed by atoms with E-state index in [1.807, 2.05) is 52.8 Å². The van der Waals surface area contributed by atoms with Crippen molar-refractivity contribution in [1.82, 2.24) is 9.62 Å². The van der Waals surface area contributed by atoms with E-state index in [9.17, 15) is 12.8 Å². The van der Waals surface area contributed by atoms with Gasteiger partial charge in [0.15, 0.2) is 0 Å². The third kappa shape index (κ3) is 4.31. The first-order valence-electron chi connectivity index (χ1n) is 8.53. The second-order valence-corrected chi connectivity index (χ2v) is 8.68. The number of sulfonamides is 1. The lowest BCUT2D eigenvalue weighted by Crippen LogP contribution is -2.35. The van der Waals surface area contributed by atoms with Gasteiger partial charge in [0.2, 0.25) is 10.0 Å². The van der Waals surface area contributed by atoms with Crippen molar-refractivity contribution < 1.29 is 12.8 Å². The maximum absolute atomic E-state index is 13.2. The molecule has 0 radical (unpaired) electrons. The molecule has 0 saturated heterocycles. The molecular formula is C20H27FN2O2S. The van der Waals surface area contributed by atoms with Crippen LogP contribution in [0.15, 0.2) is 35.2 Å². The second-order valence-electron chi connectivity index (χ2n) is 6.97. The van der Waals surface area contributed by atoms with Gasteiger partial charge in [0, 0.05) is 12.6 Å². The van der Waals surface area contributed by atoms with E-state index in [1.165, 1.54) is 12.1 Å². The Morgan fingerprint density at radius 1 is 1.00 bits per heavy atom. The summed E-state index contributed by atoms with van der Waals surface area (Å²) in [6, 6.07) is 7.95. The Hall–Kier alpha value is -1.76. The van der Waals surface area contributed by atoms with Crippen LogP contribution in [0.1, 0.15) is 33.9 Å². The van der Waals surface area contributed by atoms with Gasteiger partial charge in [-0.15, -0.1) is 0 Å². The lowest BCUT2D eigenvalue weighted by atomic mass is 10.0. The van der Waals surface area contributed by atoms with Gasteiger partial charge in [0.1, 0.15) is 5.82 Å². The Bertz CT molecular complexity index is 865. The largest absolute Gasteiger partial charge is 0.301 e. The fraction of sp³-hybridized carbons (Fsp3) is 0.400. The van der Waals surface area contributed by atoms with Gasteiger partial charge in [-0.05, 0) is 81.7 Å². The first kappa shape index (κ1) is 20.6. The summed E-state index contributed by atoms with van der Waals surface area (Å²) in [6.45, 7) is 7.70. The van der Waals surface area contributed by atoms with E-state index in [1.54, 1.807) is 12.1 Å². The van der Waals surface area contributed by atoms with Gasteiger partial charge in [-0.25, -0.2) is 17.5 Å². The molecule has 0 aliphatic heterocycles. The molecule has 0 aliphatic rings. The van der Waals surface area contributed by atoms with Crippen LogP contribution >= 0.6 is 0 Å². The van der Waals surface area contributed by atoms with E-state index in [0.717, 1.165) is 27.8 Å². The van der Waals surface area contributed by atoms with Gasteiger partial charge >= 0.3 is 0 Å². The zero-order valence-corrected chi connectivity index (χ0v) is 17.0. The molecule has 0 bridgehead atoms. The molecule has 6 heteroatoms. The summed E-state index contributed by atoms with van der Waals surface area (Å²) in [4.78, 5) is 2.27. The van der Waals surface area contributed by atoms with Crippen LogP contribution in [0.4, 0.5) is 4.39 Å². The molecule has 0 aromatic heterocycles. The molecule has 4 nitrogen and oxygen atoms in total. The first-order valence-corrected chi connectivity index (χ1v) is 10.0. The molecule has 2 aromatic rings. The first-order chi connectivity index (χ1) is 12.0. The van der Waals surface area contributed by atoms with Gasteiger partial charge in [-0.1, -0.05) is 18.2 Å². The molecule has 2 aromatic carbocycles. The molecular weight excluding hydrogens is 351 g/mol. The summed E-state index contributed by atoms with van der Waals surface area (Å²) in [7, 11) is 0.0792. The van der Waals surface area contributed by atoms with Crippen LogP contribution in [-0.4, -0.2) is 34.0 Å². The van der Waals surface area contributed by atoms with Crippen LogP contribution in [-0.2, 0) is 10.0 Å². The third-order valence-electron chi connectivity index (χ3n) is 4.91. The van der Waals surface area contributed by atoms with Crippen LogP contribution < -0.4 is 4.72 Å². The summed E-state index contributed by atoms with van der Waals surface area (Å²) in [5, 5.41) is 0. The van der Waals surface area contributed by atoms with E-state index in [-0.39, 0.29) is 18.4 Å². The molecule has 0 saturated carbocycles. The molecule has 2 rings (SSSR count). The number of likely N-dealkylation sites (N-methyl/N-ethyl adjacent to an activating group) is 1. The second kappa shape index (κ2) is 7.86. The maximum atomic E-state index is 13.2. The SMILES string of the molecule is Cc1cc(C)c(C)c(S(=O)(=O)NCC(c2ccc(F)cc2)N(C)C)c1C. The average Bonchev–Trinajstić information content (AvgIpc) is 2.54. The predicted molar refractivity (Wildman–Crippen MR) is 103 cm³/mol. The van der Waals surface area contributed by atoms with Crippen LogP contribution in [0.25, 0.3) is 0 Å². The quantitative estimate of drug-likeness (QED) is 0.835. The fourth-order valence-corrected chi connectivity index (χ4v) is 4.78. The minimum absolute atomic E-state index is 0.197. The molecule has 1 N–H and O–H groups in total. The van der Waals surface area contributed by atoms with Crippen molar-refractivity contribution in [2.45, 2.75) is 38.6 Å². The number of hydrogen-bond acceptors (Lipinski definition) is 3. The Balaban J connectivity index is 2.33. The van der Waals surface area contributed by atoms with Crippen molar-refractivity contribution in [3.8, 4) is 0 Å². The van der Waals surface area contributed by atoms with Gasteiger partial charge in [0.25, 0.3) is 0 Å². The van der Waals surface area contributed by atoms with E-state index >= 15 is 0 Å². The van der Waals surface area contributed by atoms with Crippen molar-refractivity contribution in [3.05, 3.63) is 64.0 Å². The Kier molecular flexibility index (Phi) is 6.21. The van der Waals surface area contributed by atoms with Crippen LogP contribution in [0.3, 0.4) is 0 Å². The van der Waals surface area contributed by atoms with E-state index in [2.05, 4.69) is 4.72 Å². The highest BCUT2D eigenvalue weighted by molar-refractivity contribution is 7.89. The third-order valence-corrected chi connectivity index (χ3v) is 6.61. The summed E-state index contributed by atoms with van der Waals surface area (Å²) in [5.41, 5.74) is 4.30. The minimum Gasteiger partial charge on any atom is -0.301 e. The minimum atomic E-state index is -3.66. The summed E-state index contributed by atoms with van der Waals surface area (Å²) < 4.78 is 41.9. The number of benzene rings is 2. The molecule has 0 amide bonds. The molecule has 0 aliphatic carbocycles. The maximum Gasteiger partial charge on any atom is 0.241 e. The van der Waals surface area contributed by atoms with Crippen molar-refractivity contribution in [2.75, 3.05) is 20.6 Å². The number of halogens is 1. The molecule has 0 heterocycles. The monoisotopic (exact) mass is 378 g/mol. The van der Waals surface area contributed by atoms with Crippen molar-refractivity contribution in [1.29, 1.82) is 0 Å². The van der Waals surface area contributed by atoms with Gasteiger partial charge in [-0.3, -0.25) is 0 Å². The van der Waals surface area contributed by atoms with E-state index in [4.69, 9.17) is 0 Å². The predicted octanol–water partition coefficient (Wildman–Crippen LogP) is 3.64. The number of nitrogens with zero attached hydrogens (tertiary/aromatic N) is 1. The van der Waals surface area contributed by atoms with Crippen molar-refractivity contribution >= 4 is 10.0 Å². The lowest BCUT2D eigenvalue weighted by molar-refractivity contribution is 0.299. The summed E-state index contributed by atoms with van der Waals surface area (Å²) in [5.74, 6) is -0.312. The lowest BCUT2D eigenvalue weighted by Gasteiger charge is -2.25. The standard InChI is InChI=1S/C20H27FN2O2S/c1-13-11-14(2)16(4)20(15(13)3)26(24,25)22-12-19(23(5)6)17-7-9-18(21)10-8-17/h7-11,19,22H,12H2,1-6H3. The summed E-state index contributed by atoms with van der Waals surface area (Å²) in [6.07, 6.45) is 0. The molecule has 0 fully saturated rings. The highest BCUT2D eigenvalue weighted by Gasteiger charge is 2.24. The Morgan fingerprint density at radius 3 is 1.96 bits per heavy atom. The van der Waals surface area contributed by atoms with Crippen LogP contribution in [0, 0.1) is 33.5 Å². The smallest absolute Gasteiger partial charge is 0.241 e.